The Labute approximate surface area is 263 Å². The number of methoxy groups -OCH3 is 2. The molecule has 2 aromatic heterocycles. The lowest BCUT2D eigenvalue weighted by Crippen LogP contribution is -2.41. The summed E-state index contributed by atoms with van der Waals surface area (Å²) in [6.45, 7) is 10.4. The maximum Gasteiger partial charge on any atom is 0.410 e. The van der Waals surface area contributed by atoms with Crippen molar-refractivity contribution >= 4 is 41.2 Å². The highest BCUT2D eigenvalue weighted by Crippen LogP contribution is 2.24. The molecule has 2 saturated heterocycles. The molecule has 4 rings (SSSR count). The van der Waals surface area contributed by atoms with E-state index in [0.29, 0.717) is 54.6 Å². The number of halogens is 2. The number of carbonyl (C=O) groups is 3. The van der Waals surface area contributed by atoms with Crippen LogP contribution in [0.3, 0.4) is 0 Å². The molecule has 12 nitrogen and oxygen atoms in total. The maximum atomic E-state index is 12.1. The van der Waals surface area contributed by atoms with Gasteiger partial charge in [0.2, 0.25) is 0 Å². The van der Waals surface area contributed by atoms with E-state index < -0.39 is 11.6 Å². The zero-order valence-corrected chi connectivity index (χ0v) is 27.2. The molecule has 0 radical (unpaired) electrons. The standard InChI is InChI=1S/C17H26ClN3O4.C12H18ClN3O2/c1-17(2,3)25-16(23)20-8-5-12(6-9-20)7-10-21-13(15(22)24-4)11-14(18)19-21;1-18-12(17)10-8-11(13)15-16(10)7-4-9-2-5-14-6-3-9/h11-12H,5-10H2,1-4H3;8-9,14H,2-7H2,1H3. The molecule has 2 aliphatic rings. The van der Waals surface area contributed by atoms with Crippen LogP contribution in [-0.2, 0) is 27.3 Å². The van der Waals surface area contributed by atoms with E-state index in [1.54, 1.807) is 20.3 Å². The molecular formula is C29H44Cl2N6O6. The van der Waals surface area contributed by atoms with Crippen molar-refractivity contribution < 1.29 is 28.6 Å². The number of hydrogen-bond donors (Lipinski definition) is 1. The number of aryl methyl sites for hydroxylation is 2. The van der Waals surface area contributed by atoms with E-state index in [1.165, 1.54) is 33.1 Å². The third kappa shape index (κ3) is 11.0. The maximum absolute atomic E-state index is 12.1. The molecule has 0 aliphatic carbocycles. The van der Waals surface area contributed by atoms with Gasteiger partial charge in [0.05, 0.1) is 14.2 Å². The van der Waals surface area contributed by atoms with Gasteiger partial charge in [-0.3, -0.25) is 9.36 Å². The van der Waals surface area contributed by atoms with Crippen molar-refractivity contribution in [2.24, 2.45) is 11.8 Å². The van der Waals surface area contributed by atoms with Gasteiger partial charge in [-0.05, 0) is 84.2 Å². The fourth-order valence-corrected chi connectivity index (χ4v) is 5.55. The van der Waals surface area contributed by atoms with Crippen LogP contribution in [0.5, 0.6) is 0 Å². The van der Waals surface area contributed by atoms with Gasteiger partial charge < -0.3 is 24.4 Å². The lowest BCUT2D eigenvalue weighted by atomic mass is 9.94. The second-order valence-electron chi connectivity index (χ2n) is 11.8. The molecule has 0 spiro atoms. The number of aromatic nitrogens is 4. The summed E-state index contributed by atoms with van der Waals surface area (Å²) < 4.78 is 18.1. The number of carbonyl (C=O) groups excluding carboxylic acids is 3. The number of nitrogens with zero attached hydrogens (tertiary/aromatic N) is 5. The van der Waals surface area contributed by atoms with Crippen molar-refractivity contribution in [1.82, 2.24) is 29.8 Å². The molecule has 0 aromatic carbocycles. The van der Waals surface area contributed by atoms with Gasteiger partial charge in [0.1, 0.15) is 17.0 Å². The smallest absolute Gasteiger partial charge is 0.410 e. The normalized spacial score (nSPS) is 16.3. The molecule has 0 unspecified atom stereocenters. The molecular weight excluding hydrogens is 599 g/mol. The minimum absolute atomic E-state index is 0.252. The van der Waals surface area contributed by atoms with Gasteiger partial charge in [-0.1, -0.05) is 23.2 Å². The third-order valence-electron chi connectivity index (χ3n) is 7.51. The highest BCUT2D eigenvalue weighted by atomic mass is 35.5. The predicted octanol–water partition coefficient (Wildman–Crippen LogP) is 5.07. The molecule has 0 saturated carbocycles. The van der Waals surface area contributed by atoms with Gasteiger partial charge in [-0.25, -0.2) is 14.4 Å². The minimum atomic E-state index is -0.475. The number of piperidine rings is 2. The second kappa shape index (κ2) is 16.3. The van der Waals surface area contributed by atoms with Gasteiger partial charge in [0.15, 0.2) is 10.3 Å². The Hall–Kier alpha value is -2.83. The molecule has 14 heteroatoms. The van der Waals surface area contributed by atoms with Crippen molar-refractivity contribution in [2.75, 3.05) is 40.4 Å². The summed E-state index contributed by atoms with van der Waals surface area (Å²) in [7, 11) is 2.69. The fraction of sp³-hybridized carbons (Fsp3) is 0.690. The number of esters is 2. The van der Waals surface area contributed by atoms with E-state index in [9.17, 15) is 14.4 Å². The van der Waals surface area contributed by atoms with E-state index in [2.05, 4.69) is 15.5 Å². The Morgan fingerprint density at radius 2 is 1.28 bits per heavy atom. The lowest BCUT2D eigenvalue weighted by molar-refractivity contribution is 0.0178. The van der Waals surface area contributed by atoms with Gasteiger partial charge in [0.25, 0.3) is 0 Å². The fourth-order valence-electron chi connectivity index (χ4n) is 5.16. The first kappa shape index (κ1) is 34.7. The zero-order chi connectivity index (χ0) is 31.6. The number of hydrogen-bond acceptors (Lipinski definition) is 9. The van der Waals surface area contributed by atoms with Crippen LogP contribution in [0.2, 0.25) is 10.3 Å². The Balaban J connectivity index is 0.000000248. The summed E-state index contributed by atoms with van der Waals surface area (Å²) in [6, 6.07) is 3.06. The highest BCUT2D eigenvalue weighted by molar-refractivity contribution is 6.30. The van der Waals surface area contributed by atoms with E-state index in [-0.39, 0.29) is 17.2 Å². The van der Waals surface area contributed by atoms with Crippen LogP contribution in [0.15, 0.2) is 12.1 Å². The van der Waals surface area contributed by atoms with E-state index in [4.69, 9.17) is 37.4 Å². The Morgan fingerprint density at radius 1 is 0.837 bits per heavy atom. The van der Waals surface area contributed by atoms with E-state index in [1.807, 2.05) is 20.8 Å². The van der Waals surface area contributed by atoms with Gasteiger partial charge in [-0.2, -0.15) is 10.2 Å². The van der Waals surface area contributed by atoms with Crippen molar-refractivity contribution in [1.29, 1.82) is 0 Å². The van der Waals surface area contributed by atoms with Gasteiger partial charge in [-0.15, -0.1) is 0 Å². The Morgan fingerprint density at radius 3 is 1.70 bits per heavy atom. The third-order valence-corrected chi connectivity index (χ3v) is 7.88. The van der Waals surface area contributed by atoms with E-state index >= 15 is 0 Å². The number of amides is 1. The van der Waals surface area contributed by atoms with Crippen molar-refractivity contribution in [2.45, 2.75) is 78.0 Å². The first-order chi connectivity index (χ1) is 20.4. The minimum Gasteiger partial charge on any atom is -0.464 e. The molecule has 2 aliphatic heterocycles. The summed E-state index contributed by atoms with van der Waals surface area (Å²) >= 11 is 11.7. The second-order valence-corrected chi connectivity index (χ2v) is 12.6. The summed E-state index contributed by atoms with van der Waals surface area (Å²) in [5.74, 6) is 0.325. The first-order valence-electron chi connectivity index (χ1n) is 14.7. The van der Waals surface area contributed by atoms with Crippen LogP contribution in [-0.4, -0.2) is 88.5 Å². The summed E-state index contributed by atoms with van der Waals surface area (Å²) in [5, 5.41) is 12.2. The van der Waals surface area contributed by atoms with Crippen LogP contribution in [0.4, 0.5) is 4.79 Å². The largest absolute Gasteiger partial charge is 0.464 e. The Bertz CT molecular complexity index is 1210. The summed E-state index contributed by atoms with van der Waals surface area (Å²) in [6.07, 6.45) is 5.81. The molecule has 4 heterocycles. The number of likely N-dealkylation sites (tertiary alicyclic amines) is 1. The van der Waals surface area contributed by atoms with Crippen LogP contribution < -0.4 is 5.32 Å². The van der Waals surface area contributed by atoms with Crippen LogP contribution in [0, 0.1) is 11.8 Å². The quantitative estimate of drug-likeness (QED) is 0.310. The van der Waals surface area contributed by atoms with Gasteiger partial charge >= 0.3 is 18.0 Å². The molecule has 1 amide bonds. The highest BCUT2D eigenvalue weighted by Gasteiger charge is 2.27. The molecule has 0 bridgehead atoms. The number of ether oxygens (including phenoxy) is 3. The monoisotopic (exact) mass is 642 g/mol. The molecule has 240 valence electrons. The van der Waals surface area contributed by atoms with E-state index in [0.717, 1.165) is 38.8 Å². The summed E-state index contributed by atoms with van der Waals surface area (Å²) in [5.41, 5.74) is 0.313. The van der Waals surface area contributed by atoms with Crippen LogP contribution in [0.25, 0.3) is 0 Å². The first-order valence-corrected chi connectivity index (χ1v) is 15.5. The lowest BCUT2D eigenvalue weighted by Gasteiger charge is -2.33. The van der Waals surface area contributed by atoms with Crippen molar-refractivity contribution in [3.8, 4) is 0 Å². The molecule has 2 aromatic rings. The Kier molecular flexibility index (Phi) is 13.1. The average Bonchev–Trinajstić information content (AvgIpc) is 3.55. The number of rotatable bonds is 8. The van der Waals surface area contributed by atoms with Crippen molar-refractivity contribution in [3.05, 3.63) is 33.8 Å². The zero-order valence-electron chi connectivity index (χ0n) is 25.7. The predicted molar refractivity (Wildman–Crippen MR) is 163 cm³/mol. The van der Waals surface area contributed by atoms with Gasteiger partial charge in [0, 0.05) is 38.3 Å². The topological polar surface area (TPSA) is 130 Å². The van der Waals surface area contributed by atoms with Crippen LogP contribution >= 0.6 is 23.2 Å². The molecule has 1 N–H and O–H groups in total. The van der Waals surface area contributed by atoms with Crippen LogP contribution in [0.1, 0.15) is 80.3 Å². The molecule has 0 atom stereocenters. The molecule has 43 heavy (non-hydrogen) atoms. The van der Waals surface area contributed by atoms with Crippen molar-refractivity contribution in [3.63, 3.8) is 0 Å². The average molecular weight is 644 g/mol. The number of nitrogens with one attached hydrogen (secondary N) is 1. The summed E-state index contributed by atoms with van der Waals surface area (Å²) in [4.78, 5) is 37.1. The molecule has 2 fully saturated rings. The SMILES string of the molecule is COC(=O)c1cc(Cl)nn1CCC1CCN(C(=O)OC(C)(C)C)CC1.COC(=O)c1cc(Cl)nn1CCC1CCNCC1.